The average Bonchev–Trinajstić information content (AvgIpc) is 2.44. The van der Waals surface area contributed by atoms with E-state index in [0.717, 1.165) is 12.3 Å². The molecule has 2 rings (SSSR count). The van der Waals surface area contributed by atoms with Gasteiger partial charge in [0, 0.05) is 6.20 Å². The Kier molecular flexibility index (Phi) is 5.27. The van der Waals surface area contributed by atoms with E-state index in [0.29, 0.717) is 13.6 Å². The molecular formula is C13H8BrF3IN3O. The standard InChI is InChI=1S/C13H8BrF3IN3O/c14-9-3-7(4-10(18)12(9)22)5-20-21-11-2-1-8(6-19-11)13(15,16)17/h1-6,22H,(H,19,21)/b20-5-. The van der Waals surface area contributed by atoms with Crippen LogP contribution in [0, 0.1) is 3.57 Å². The third-order valence-electron chi connectivity index (χ3n) is 2.52. The van der Waals surface area contributed by atoms with E-state index in [1.165, 1.54) is 12.3 Å². The third kappa shape index (κ3) is 4.32. The SMILES string of the molecule is Oc1c(Br)cc(/C=N\Nc2ccc(C(F)(F)F)cn2)cc1I. The molecule has 0 spiro atoms. The summed E-state index contributed by atoms with van der Waals surface area (Å²) in [5.74, 6) is 0.326. The Bertz CT molecular complexity index is 682. The van der Waals surface area contributed by atoms with E-state index in [4.69, 9.17) is 0 Å². The Hall–Kier alpha value is -1.36. The molecular weight excluding hydrogens is 478 g/mol. The molecule has 0 bridgehead atoms. The number of phenols is 1. The third-order valence-corrected chi connectivity index (χ3v) is 3.95. The quantitative estimate of drug-likeness (QED) is 0.379. The van der Waals surface area contributed by atoms with Crippen molar-refractivity contribution >= 4 is 50.6 Å². The molecule has 0 aliphatic carbocycles. The number of hydrazone groups is 1. The highest BCUT2D eigenvalue weighted by atomic mass is 127. The normalized spacial score (nSPS) is 11.9. The van der Waals surface area contributed by atoms with Crippen LogP contribution < -0.4 is 5.43 Å². The van der Waals surface area contributed by atoms with Crippen molar-refractivity contribution in [1.82, 2.24) is 4.98 Å². The second kappa shape index (κ2) is 6.82. The van der Waals surface area contributed by atoms with Crippen LogP contribution in [0.25, 0.3) is 0 Å². The molecule has 9 heteroatoms. The van der Waals surface area contributed by atoms with E-state index >= 15 is 0 Å². The number of hydrogen-bond acceptors (Lipinski definition) is 4. The molecule has 1 heterocycles. The second-order valence-electron chi connectivity index (χ2n) is 4.13. The molecule has 0 aliphatic heterocycles. The highest BCUT2D eigenvalue weighted by Crippen LogP contribution is 2.30. The van der Waals surface area contributed by atoms with Gasteiger partial charge in [-0.1, -0.05) is 0 Å². The number of nitrogens with one attached hydrogen (secondary N) is 1. The van der Waals surface area contributed by atoms with E-state index in [1.807, 2.05) is 22.6 Å². The van der Waals surface area contributed by atoms with Gasteiger partial charge in [-0.15, -0.1) is 0 Å². The van der Waals surface area contributed by atoms with Gasteiger partial charge in [-0.05, 0) is 68.3 Å². The lowest BCUT2D eigenvalue weighted by Crippen LogP contribution is -2.05. The summed E-state index contributed by atoms with van der Waals surface area (Å²) in [4.78, 5) is 3.63. The minimum atomic E-state index is -4.41. The Labute approximate surface area is 145 Å². The van der Waals surface area contributed by atoms with Crippen molar-refractivity contribution in [2.75, 3.05) is 5.43 Å². The van der Waals surface area contributed by atoms with Crippen LogP contribution in [0.3, 0.4) is 0 Å². The molecule has 2 N–H and O–H groups in total. The molecule has 0 amide bonds. The fourth-order valence-corrected chi connectivity index (χ4v) is 2.96. The summed E-state index contributed by atoms with van der Waals surface area (Å²) in [6, 6.07) is 5.47. The number of anilines is 1. The first-order chi connectivity index (χ1) is 10.3. The van der Waals surface area contributed by atoms with Gasteiger partial charge in [-0.25, -0.2) is 4.98 Å². The van der Waals surface area contributed by atoms with Crippen molar-refractivity contribution in [3.63, 3.8) is 0 Å². The lowest BCUT2D eigenvalue weighted by Gasteiger charge is -2.06. The first kappa shape index (κ1) is 17.0. The number of pyridine rings is 1. The van der Waals surface area contributed by atoms with Crippen LogP contribution in [0.1, 0.15) is 11.1 Å². The van der Waals surface area contributed by atoms with E-state index < -0.39 is 11.7 Å². The molecule has 22 heavy (non-hydrogen) atoms. The van der Waals surface area contributed by atoms with E-state index in [2.05, 4.69) is 31.4 Å². The number of phenolic OH excluding ortho intramolecular Hbond substituents is 1. The Morgan fingerprint density at radius 2 is 2.05 bits per heavy atom. The molecule has 0 atom stereocenters. The number of rotatable bonds is 3. The van der Waals surface area contributed by atoms with Crippen molar-refractivity contribution in [3.05, 3.63) is 49.6 Å². The van der Waals surface area contributed by atoms with Gasteiger partial charge in [0.25, 0.3) is 0 Å². The highest BCUT2D eigenvalue weighted by molar-refractivity contribution is 14.1. The monoisotopic (exact) mass is 485 g/mol. The first-order valence-electron chi connectivity index (χ1n) is 5.77. The minimum absolute atomic E-state index is 0.134. The van der Waals surface area contributed by atoms with Gasteiger partial charge in [-0.2, -0.15) is 18.3 Å². The summed E-state index contributed by atoms with van der Waals surface area (Å²) in [6.07, 6.45) is -2.21. The molecule has 0 aliphatic rings. The van der Waals surface area contributed by atoms with Gasteiger partial charge in [0.1, 0.15) is 11.6 Å². The van der Waals surface area contributed by atoms with Crippen LogP contribution in [-0.4, -0.2) is 16.3 Å². The van der Waals surface area contributed by atoms with Crippen molar-refractivity contribution < 1.29 is 18.3 Å². The summed E-state index contributed by atoms with van der Waals surface area (Å²) < 4.78 is 38.3. The fraction of sp³-hybridized carbons (Fsp3) is 0.0769. The summed E-state index contributed by atoms with van der Waals surface area (Å²) >= 11 is 5.17. The molecule has 2 aromatic rings. The molecule has 0 unspecified atom stereocenters. The van der Waals surface area contributed by atoms with Gasteiger partial charge in [0.2, 0.25) is 0 Å². The molecule has 1 aromatic heterocycles. The van der Waals surface area contributed by atoms with Gasteiger partial charge < -0.3 is 5.11 Å². The smallest absolute Gasteiger partial charge is 0.417 e. The number of nitrogens with zero attached hydrogens (tertiary/aromatic N) is 2. The molecule has 0 fully saturated rings. The Balaban J connectivity index is 2.07. The fourth-order valence-electron chi connectivity index (χ4n) is 1.46. The zero-order valence-corrected chi connectivity index (χ0v) is 14.4. The molecule has 1 aromatic carbocycles. The van der Waals surface area contributed by atoms with Gasteiger partial charge in [0.05, 0.1) is 19.8 Å². The number of benzene rings is 1. The largest absolute Gasteiger partial charge is 0.506 e. The maximum Gasteiger partial charge on any atom is 0.417 e. The van der Waals surface area contributed by atoms with Crippen molar-refractivity contribution in [1.29, 1.82) is 0 Å². The van der Waals surface area contributed by atoms with Crippen molar-refractivity contribution in [3.8, 4) is 5.75 Å². The molecule has 0 saturated carbocycles. The summed E-state index contributed by atoms with van der Waals surface area (Å²) in [6.45, 7) is 0. The molecule has 4 nitrogen and oxygen atoms in total. The van der Waals surface area contributed by atoms with Crippen LogP contribution in [-0.2, 0) is 6.18 Å². The van der Waals surface area contributed by atoms with Crippen LogP contribution in [0.2, 0.25) is 0 Å². The van der Waals surface area contributed by atoms with Crippen LogP contribution in [0.4, 0.5) is 19.0 Å². The van der Waals surface area contributed by atoms with Crippen molar-refractivity contribution in [2.24, 2.45) is 5.10 Å². The number of alkyl halides is 3. The average molecular weight is 486 g/mol. The minimum Gasteiger partial charge on any atom is -0.506 e. The van der Waals surface area contributed by atoms with E-state index in [-0.39, 0.29) is 11.6 Å². The zero-order valence-electron chi connectivity index (χ0n) is 10.7. The molecule has 0 saturated heterocycles. The number of aromatic hydroxyl groups is 1. The number of hydrogen-bond donors (Lipinski definition) is 2. The Morgan fingerprint density at radius 3 is 2.59 bits per heavy atom. The van der Waals surface area contributed by atoms with Gasteiger partial charge >= 0.3 is 6.18 Å². The first-order valence-corrected chi connectivity index (χ1v) is 7.65. The summed E-state index contributed by atoms with van der Waals surface area (Å²) in [7, 11) is 0. The van der Waals surface area contributed by atoms with Gasteiger partial charge in [-0.3, -0.25) is 5.43 Å². The number of halogens is 5. The predicted octanol–water partition coefficient (Wildman–Crippen LogP) is 4.62. The lowest BCUT2D eigenvalue weighted by molar-refractivity contribution is -0.137. The maximum atomic E-state index is 12.4. The summed E-state index contributed by atoms with van der Waals surface area (Å²) in [5, 5.41) is 13.5. The molecule has 116 valence electrons. The van der Waals surface area contributed by atoms with Gasteiger partial charge in [0.15, 0.2) is 0 Å². The number of aromatic nitrogens is 1. The Morgan fingerprint density at radius 1 is 1.32 bits per heavy atom. The lowest BCUT2D eigenvalue weighted by atomic mass is 10.2. The van der Waals surface area contributed by atoms with E-state index in [1.54, 1.807) is 12.1 Å². The van der Waals surface area contributed by atoms with Crippen LogP contribution in [0.15, 0.2) is 40.0 Å². The molecule has 0 radical (unpaired) electrons. The van der Waals surface area contributed by atoms with Crippen LogP contribution >= 0.6 is 38.5 Å². The summed E-state index contributed by atoms with van der Waals surface area (Å²) in [5.41, 5.74) is 2.42. The maximum absolute atomic E-state index is 12.4. The topological polar surface area (TPSA) is 57.5 Å². The van der Waals surface area contributed by atoms with E-state index in [9.17, 15) is 18.3 Å². The predicted molar refractivity (Wildman–Crippen MR) is 89.0 cm³/mol. The second-order valence-corrected chi connectivity index (χ2v) is 6.15. The zero-order chi connectivity index (χ0) is 16.3. The van der Waals surface area contributed by atoms with Crippen molar-refractivity contribution in [2.45, 2.75) is 6.18 Å². The van der Waals surface area contributed by atoms with Crippen LogP contribution in [0.5, 0.6) is 5.75 Å². The highest BCUT2D eigenvalue weighted by Gasteiger charge is 2.30.